The maximum Gasteiger partial charge on any atom is 0.171 e. The van der Waals surface area contributed by atoms with Crippen molar-refractivity contribution >= 4 is 11.6 Å². The second-order valence-electron chi connectivity index (χ2n) is 8.37. The molecule has 2 aliphatic carbocycles. The highest BCUT2D eigenvalue weighted by molar-refractivity contribution is 6.15. The minimum Gasteiger partial charge on any atom is -0.293 e. The number of carbonyl (C=O) groups is 2. The van der Waals surface area contributed by atoms with Gasteiger partial charge < -0.3 is 0 Å². The number of ketones is 2. The Labute approximate surface area is 181 Å². The Morgan fingerprint density at radius 3 is 1.45 bits per heavy atom. The van der Waals surface area contributed by atoms with E-state index in [0.29, 0.717) is 11.1 Å². The zero-order chi connectivity index (χ0) is 20.9. The molecule has 0 amide bonds. The molecule has 0 saturated heterocycles. The summed E-state index contributed by atoms with van der Waals surface area (Å²) in [6, 6.07) is 33.9. The smallest absolute Gasteiger partial charge is 0.171 e. The lowest BCUT2D eigenvalue weighted by Gasteiger charge is -2.43. The van der Waals surface area contributed by atoms with Crippen molar-refractivity contribution in [2.24, 2.45) is 0 Å². The van der Waals surface area contributed by atoms with E-state index < -0.39 is 0 Å². The molecule has 0 saturated carbocycles. The molecule has 0 fully saturated rings. The van der Waals surface area contributed by atoms with E-state index in [4.69, 9.17) is 0 Å². The Hall–Kier alpha value is -3.78. The van der Waals surface area contributed by atoms with Crippen molar-refractivity contribution in [3.63, 3.8) is 0 Å². The van der Waals surface area contributed by atoms with Gasteiger partial charge in [0.1, 0.15) is 0 Å². The molecule has 0 N–H and O–H groups in total. The normalized spacial score (nSPS) is 21.4. The van der Waals surface area contributed by atoms with Gasteiger partial charge in [0.2, 0.25) is 0 Å². The average molecular weight is 400 g/mol. The van der Waals surface area contributed by atoms with E-state index in [0.717, 1.165) is 27.8 Å². The third-order valence-electron chi connectivity index (χ3n) is 6.81. The molecular weight excluding hydrogens is 380 g/mol. The van der Waals surface area contributed by atoms with Crippen LogP contribution in [0, 0.1) is 0 Å². The molecule has 4 aromatic carbocycles. The summed E-state index contributed by atoms with van der Waals surface area (Å²) in [7, 11) is 0. The van der Waals surface area contributed by atoms with Gasteiger partial charge in [0, 0.05) is 17.0 Å². The maximum atomic E-state index is 13.7. The molecule has 4 aromatic rings. The van der Waals surface area contributed by atoms with Crippen LogP contribution in [-0.4, -0.2) is 11.6 Å². The van der Waals surface area contributed by atoms with Gasteiger partial charge in [-0.05, 0) is 27.8 Å². The number of rotatable bonds is 2. The van der Waals surface area contributed by atoms with Gasteiger partial charge in [-0.3, -0.25) is 9.59 Å². The lowest BCUT2D eigenvalue weighted by atomic mass is 9.57. The van der Waals surface area contributed by atoms with E-state index in [2.05, 4.69) is 36.4 Å². The summed E-state index contributed by atoms with van der Waals surface area (Å²) in [5.41, 5.74) is 6.43. The van der Waals surface area contributed by atoms with Crippen LogP contribution in [0.5, 0.6) is 0 Å². The van der Waals surface area contributed by atoms with Gasteiger partial charge in [-0.15, -0.1) is 0 Å². The lowest BCUT2D eigenvalue weighted by Crippen LogP contribution is -2.40. The third-order valence-corrected chi connectivity index (χ3v) is 6.81. The Balaban J connectivity index is 1.53. The second-order valence-corrected chi connectivity index (χ2v) is 8.37. The van der Waals surface area contributed by atoms with Gasteiger partial charge in [0.05, 0.1) is 11.8 Å². The molecule has 2 nitrogen and oxygen atoms in total. The number of Topliss-reactive ketones (excluding diaryl/α,β-unsaturated/α-hetero) is 2. The molecule has 2 atom stereocenters. The molecule has 2 unspecified atom stereocenters. The van der Waals surface area contributed by atoms with Crippen molar-refractivity contribution in [3.8, 4) is 11.1 Å². The van der Waals surface area contributed by atoms with Crippen LogP contribution in [0.3, 0.4) is 0 Å². The number of carbonyl (C=O) groups excluding carboxylic acids is 2. The minimum atomic E-state index is -0.337. The van der Waals surface area contributed by atoms with Crippen molar-refractivity contribution in [2.45, 2.75) is 17.8 Å². The first kappa shape index (κ1) is 18.0. The number of benzene rings is 4. The Morgan fingerprint density at radius 1 is 0.452 bits per heavy atom. The third kappa shape index (κ3) is 2.65. The van der Waals surface area contributed by atoms with Gasteiger partial charge >= 0.3 is 0 Å². The van der Waals surface area contributed by atoms with E-state index in [1.165, 1.54) is 0 Å². The quantitative estimate of drug-likeness (QED) is 0.390. The standard InChI is InChI=1S/C29H20O2/c30-28-23-12-6-4-10-21(23)26-25(27(28)22-11-5-7-13-24(22)29(26)31)20-16-14-19(15-17-20)18-8-2-1-3-9-18/h1-17,25-27H. The molecule has 6 rings (SSSR count). The molecule has 0 heterocycles. The lowest BCUT2D eigenvalue weighted by molar-refractivity contribution is 0.0852. The monoisotopic (exact) mass is 400 g/mol. The highest BCUT2D eigenvalue weighted by Crippen LogP contribution is 2.55. The maximum absolute atomic E-state index is 13.7. The van der Waals surface area contributed by atoms with Crippen molar-refractivity contribution < 1.29 is 9.59 Å². The molecule has 0 aliphatic heterocycles. The zero-order valence-electron chi connectivity index (χ0n) is 16.9. The SMILES string of the molecule is O=C1c2ccccc2C2C(=O)c3ccccc3C1C2c1ccc(-c2ccccc2)cc1. The van der Waals surface area contributed by atoms with Gasteiger partial charge in [-0.25, -0.2) is 0 Å². The number of hydrogen-bond donors (Lipinski definition) is 0. The second kappa shape index (κ2) is 6.88. The summed E-state index contributed by atoms with van der Waals surface area (Å²) in [4.78, 5) is 27.3. The predicted molar refractivity (Wildman–Crippen MR) is 122 cm³/mol. The first-order valence-electron chi connectivity index (χ1n) is 10.7. The van der Waals surface area contributed by atoms with Crippen LogP contribution in [0.15, 0.2) is 103 Å². The zero-order valence-corrected chi connectivity index (χ0v) is 16.9. The first-order chi connectivity index (χ1) is 15.2. The Morgan fingerprint density at radius 2 is 0.903 bits per heavy atom. The summed E-state index contributed by atoms with van der Waals surface area (Å²) in [6.45, 7) is 0. The molecule has 2 bridgehead atoms. The van der Waals surface area contributed by atoms with Crippen molar-refractivity contribution in [3.05, 3.63) is 131 Å². The van der Waals surface area contributed by atoms with Crippen LogP contribution in [0.4, 0.5) is 0 Å². The van der Waals surface area contributed by atoms with Crippen molar-refractivity contribution in [1.82, 2.24) is 0 Å². The highest BCUT2D eigenvalue weighted by Gasteiger charge is 2.51. The van der Waals surface area contributed by atoms with Crippen LogP contribution in [0.25, 0.3) is 11.1 Å². The van der Waals surface area contributed by atoms with Gasteiger partial charge in [0.25, 0.3) is 0 Å². The first-order valence-corrected chi connectivity index (χ1v) is 10.7. The molecule has 0 aromatic heterocycles. The Bertz CT molecular complexity index is 1250. The van der Waals surface area contributed by atoms with E-state index in [1.807, 2.05) is 66.7 Å². The molecule has 0 spiro atoms. The van der Waals surface area contributed by atoms with Crippen LogP contribution < -0.4 is 0 Å². The summed E-state index contributed by atoms with van der Waals surface area (Å²) in [6.07, 6.45) is 0. The van der Waals surface area contributed by atoms with E-state index in [1.54, 1.807) is 0 Å². The topological polar surface area (TPSA) is 34.1 Å². The van der Waals surface area contributed by atoms with Crippen LogP contribution in [0.1, 0.15) is 55.2 Å². The van der Waals surface area contributed by atoms with Gasteiger partial charge in [0.15, 0.2) is 11.6 Å². The van der Waals surface area contributed by atoms with Crippen LogP contribution >= 0.6 is 0 Å². The summed E-state index contributed by atoms with van der Waals surface area (Å²) in [5.74, 6) is -0.629. The van der Waals surface area contributed by atoms with Crippen molar-refractivity contribution in [2.75, 3.05) is 0 Å². The van der Waals surface area contributed by atoms with Gasteiger partial charge in [-0.2, -0.15) is 0 Å². The van der Waals surface area contributed by atoms with Gasteiger partial charge in [-0.1, -0.05) is 103 Å². The minimum absolute atomic E-state index is 0.115. The fourth-order valence-electron chi connectivity index (χ4n) is 5.42. The summed E-state index contributed by atoms with van der Waals surface area (Å²) < 4.78 is 0. The van der Waals surface area contributed by atoms with E-state index in [9.17, 15) is 9.59 Å². The molecule has 148 valence electrons. The fourth-order valence-corrected chi connectivity index (χ4v) is 5.42. The number of fused-ring (bicyclic) bond motifs is 6. The van der Waals surface area contributed by atoms with E-state index >= 15 is 0 Å². The predicted octanol–water partition coefficient (Wildman–Crippen LogP) is 6.40. The largest absolute Gasteiger partial charge is 0.293 e. The van der Waals surface area contributed by atoms with Crippen molar-refractivity contribution in [1.29, 1.82) is 0 Å². The molecule has 2 aliphatic rings. The summed E-state index contributed by atoms with van der Waals surface area (Å²) >= 11 is 0. The highest BCUT2D eigenvalue weighted by atomic mass is 16.1. The van der Waals surface area contributed by atoms with Crippen LogP contribution in [-0.2, 0) is 0 Å². The molecular formula is C29H20O2. The fraction of sp³-hybridized carbons (Fsp3) is 0.103. The Kier molecular flexibility index (Phi) is 4.00. The molecule has 31 heavy (non-hydrogen) atoms. The molecule has 0 radical (unpaired) electrons. The molecule has 2 heteroatoms. The van der Waals surface area contributed by atoms with Crippen LogP contribution in [0.2, 0.25) is 0 Å². The summed E-state index contributed by atoms with van der Waals surface area (Å²) in [5, 5.41) is 0. The number of hydrogen-bond acceptors (Lipinski definition) is 2. The average Bonchev–Trinajstić information content (AvgIpc) is 2.84. The van der Waals surface area contributed by atoms with E-state index in [-0.39, 0.29) is 29.3 Å².